The van der Waals surface area contributed by atoms with E-state index >= 15 is 0 Å². The first-order valence-corrected chi connectivity index (χ1v) is 10.8. The lowest BCUT2D eigenvalue weighted by atomic mass is 9.96. The maximum absolute atomic E-state index is 12.5. The molecule has 0 aliphatic carbocycles. The van der Waals surface area contributed by atoms with E-state index in [4.69, 9.17) is 16.0 Å². The Hall–Kier alpha value is -2.57. The molecule has 1 fully saturated rings. The highest BCUT2D eigenvalue weighted by atomic mass is 35.5. The number of carbonyl (C=O) groups excluding carboxylic acids is 2. The van der Waals surface area contributed by atoms with Gasteiger partial charge in [0.15, 0.2) is 0 Å². The van der Waals surface area contributed by atoms with Gasteiger partial charge in [0.2, 0.25) is 5.91 Å². The largest absolute Gasteiger partial charge is 0.459 e. The van der Waals surface area contributed by atoms with Crippen LogP contribution < -0.4 is 5.32 Å². The van der Waals surface area contributed by atoms with Crippen LogP contribution in [0.15, 0.2) is 58.3 Å². The second-order valence-electron chi connectivity index (χ2n) is 7.03. The zero-order valence-corrected chi connectivity index (χ0v) is 17.3. The van der Waals surface area contributed by atoms with Gasteiger partial charge in [0.25, 0.3) is 5.91 Å². The van der Waals surface area contributed by atoms with E-state index in [2.05, 4.69) is 5.32 Å². The first kappa shape index (κ1) is 19.7. The molecule has 0 bridgehead atoms. The predicted molar refractivity (Wildman–Crippen MR) is 114 cm³/mol. The number of nitrogens with one attached hydrogen (secondary N) is 1. The van der Waals surface area contributed by atoms with E-state index in [0.29, 0.717) is 43.3 Å². The molecule has 0 radical (unpaired) electrons. The highest BCUT2D eigenvalue weighted by Crippen LogP contribution is 2.24. The summed E-state index contributed by atoms with van der Waals surface area (Å²) in [5.41, 5.74) is 0.940. The third kappa shape index (κ3) is 4.71. The second-order valence-corrected chi connectivity index (χ2v) is 8.42. The smallest absolute Gasteiger partial charge is 0.263 e. The normalized spacial score (nSPS) is 14.7. The molecular formula is C22H21ClN2O3S. The third-order valence-electron chi connectivity index (χ3n) is 5.11. The Balaban J connectivity index is 1.26. The van der Waals surface area contributed by atoms with Crippen LogP contribution in [0.4, 0.5) is 0 Å². The lowest BCUT2D eigenvalue weighted by Gasteiger charge is -2.31. The van der Waals surface area contributed by atoms with Crippen molar-refractivity contribution < 1.29 is 14.0 Å². The summed E-state index contributed by atoms with van der Waals surface area (Å²) in [6, 6.07) is 14.9. The number of nitrogens with zero attached hydrogens (tertiary/aromatic N) is 1. The quantitative estimate of drug-likeness (QED) is 0.633. The minimum atomic E-state index is -0.0758. The predicted octanol–water partition coefficient (Wildman–Crippen LogP) is 4.83. The molecule has 2 amide bonds. The Labute approximate surface area is 178 Å². The molecule has 3 aromatic rings. The minimum Gasteiger partial charge on any atom is -0.459 e. The number of likely N-dealkylation sites (tertiary alicyclic amines) is 1. The Morgan fingerprint density at radius 2 is 1.86 bits per heavy atom. The summed E-state index contributed by atoms with van der Waals surface area (Å²) in [6.07, 6.45) is 1.36. The SMILES string of the molecule is O=C(NCc1ccc(-c2ccc(Cl)cc2)o1)C1CCN(C(=O)c2cccs2)CC1. The van der Waals surface area contributed by atoms with Crippen molar-refractivity contribution >= 4 is 34.8 Å². The molecule has 1 N–H and O–H groups in total. The zero-order valence-electron chi connectivity index (χ0n) is 15.8. The topological polar surface area (TPSA) is 62.6 Å². The fourth-order valence-corrected chi connectivity index (χ4v) is 4.28. The van der Waals surface area contributed by atoms with E-state index in [1.807, 2.05) is 58.8 Å². The number of hydrogen-bond acceptors (Lipinski definition) is 4. The van der Waals surface area contributed by atoms with Gasteiger partial charge in [-0.15, -0.1) is 11.3 Å². The molecule has 0 atom stereocenters. The maximum atomic E-state index is 12.5. The maximum Gasteiger partial charge on any atom is 0.263 e. The van der Waals surface area contributed by atoms with Crippen LogP contribution in [0.1, 0.15) is 28.3 Å². The average molecular weight is 429 g/mol. The number of amides is 2. The molecule has 0 unspecified atom stereocenters. The highest BCUT2D eigenvalue weighted by molar-refractivity contribution is 7.12. The van der Waals surface area contributed by atoms with Gasteiger partial charge in [0.05, 0.1) is 11.4 Å². The van der Waals surface area contributed by atoms with Crippen LogP contribution in [0, 0.1) is 5.92 Å². The first-order valence-electron chi connectivity index (χ1n) is 9.55. The van der Waals surface area contributed by atoms with E-state index < -0.39 is 0 Å². The molecule has 4 rings (SSSR count). The van der Waals surface area contributed by atoms with Gasteiger partial charge >= 0.3 is 0 Å². The van der Waals surface area contributed by atoms with Crippen molar-refractivity contribution in [1.82, 2.24) is 10.2 Å². The van der Waals surface area contributed by atoms with Crippen LogP contribution in [0.2, 0.25) is 5.02 Å². The van der Waals surface area contributed by atoms with Gasteiger partial charge in [-0.2, -0.15) is 0 Å². The Morgan fingerprint density at radius 3 is 2.55 bits per heavy atom. The van der Waals surface area contributed by atoms with Crippen molar-refractivity contribution in [1.29, 1.82) is 0 Å². The Kier molecular flexibility index (Phi) is 6.02. The van der Waals surface area contributed by atoms with Gasteiger partial charge in [-0.05, 0) is 60.7 Å². The van der Waals surface area contributed by atoms with Crippen LogP contribution in [-0.2, 0) is 11.3 Å². The molecule has 1 aromatic carbocycles. The van der Waals surface area contributed by atoms with E-state index in [0.717, 1.165) is 16.2 Å². The molecule has 29 heavy (non-hydrogen) atoms. The first-order chi connectivity index (χ1) is 14.1. The summed E-state index contributed by atoms with van der Waals surface area (Å²) < 4.78 is 5.83. The van der Waals surface area contributed by atoms with Crippen molar-refractivity contribution in [3.63, 3.8) is 0 Å². The molecule has 1 aliphatic rings. The van der Waals surface area contributed by atoms with Crippen molar-refractivity contribution in [3.8, 4) is 11.3 Å². The van der Waals surface area contributed by atoms with E-state index in [1.165, 1.54) is 11.3 Å². The Morgan fingerprint density at radius 1 is 1.10 bits per heavy atom. The number of hydrogen-bond donors (Lipinski definition) is 1. The van der Waals surface area contributed by atoms with Crippen molar-refractivity contribution in [2.24, 2.45) is 5.92 Å². The van der Waals surface area contributed by atoms with Crippen LogP contribution in [0.3, 0.4) is 0 Å². The van der Waals surface area contributed by atoms with E-state index in [1.54, 1.807) is 0 Å². The number of rotatable bonds is 5. The minimum absolute atomic E-state index is 0.0117. The fourth-order valence-electron chi connectivity index (χ4n) is 3.46. The average Bonchev–Trinajstić information content (AvgIpc) is 3.44. The van der Waals surface area contributed by atoms with E-state index in [9.17, 15) is 9.59 Å². The summed E-state index contributed by atoms with van der Waals surface area (Å²) in [5.74, 6) is 1.44. The van der Waals surface area contributed by atoms with Crippen LogP contribution >= 0.6 is 22.9 Å². The lowest BCUT2D eigenvalue weighted by molar-refractivity contribution is -0.126. The van der Waals surface area contributed by atoms with Crippen molar-refractivity contribution in [3.05, 3.63) is 69.6 Å². The molecule has 7 heteroatoms. The fraction of sp³-hybridized carbons (Fsp3) is 0.273. The molecule has 0 saturated carbocycles. The highest BCUT2D eigenvalue weighted by Gasteiger charge is 2.28. The standard InChI is InChI=1S/C22H21ClN2O3S/c23-17-5-3-15(4-6-17)19-8-7-18(28-19)14-24-21(26)16-9-11-25(12-10-16)22(27)20-2-1-13-29-20/h1-8,13,16H,9-12,14H2,(H,24,26). The molecule has 150 valence electrons. The molecule has 2 aromatic heterocycles. The van der Waals surface area contributed by atoms with Crippen LogP contribution in [0.5, 0.6) is 0 Å². The summed E-state index contributed by atoms with van der Waals surface area (Å²) in [4.78, 5) is 27.5. The third-order valence-corrected chi connectivity index (χ3v) is 6.22. The zero-order chi connectivity index (χ0) is 20.2. The van der Waals surface area contributed by atoms with Gasteiger partial charge < -0.3 is 14.6 Å². The molecule has 0 spiro atoms. The van der Waals surface area contributed by atoms with Crippen LogP contribution in [0.25, 0.3) is 11.3 Å². The van der Waals surface area contributed by atoms with Gasteiger partial charge in [-0.1, -0.05) is 17.7 Å². The number of carbonyl (C=O) groups is 2. The number of furan rings is 1. The van der Waals surface area contributed by atoms with Crippen molar-refractivity contribution in [2.45, 2.75) is 19.4 Å². The summed E-state index contributed by atoms with van der Waals surface area (Å²) in [6.45, 7) is 1.56. The number of thiophene rings is 1. The summed E-state index contributed by atoms with van der Waals surface area (Å²) in [7, 11) is 0. The van der Waals surface area contributed by atoms with Gasteiger partial charge in [-0.3, -0.25) is 9.59 Å². The second kappa shape index (κ2) is 8.84. The van der Waals surface area contributed by atoms with E-state index in [-0.39, 0.29) is 17.7 Å². The molecule has 1 saturated heterocycles. The molecule has 3 heterocycles. The summed E-state index contributed by atoms with van der Waals surface area (Å²) in [5, 5.41) is 5.54. The Bertz CT molecular complexity index is 974. The molecular weight excluding hydrogens is 408 g/mol. The van der Waals surface area contributed by atoms with Crippen LogP contribution in [-0.4, -0.2) is 29.8 Å². The van der Waals surface area contributed by atoms with Gasteiger partial charge in [-0.25, -0.2) is 0 Å². The lowest BCUT2D eigenvalue weighted by Crippen LogP contribution is -2.42. The molecule has 1 aliphatic heterocycles. The monoisotopic (exact) mass is 428 g/mol. The number of halogens is 1. The van der Waals surface area contributed by atoms with Gasteiger partial charge in [0.1, 0.15) is 11.5 Å². The molecule has 5 nitrogen and oxygen atoms in total. The van der Waals surface area contributed by atoms with Gasteiger partial charge in [0, 0.05) is 29.6 Å². The van der Waals surface area contributed by atoms with Crippen molar-refractivity contribution in [2.75, 3.05) is 13.1 Å². The number of piperidine rings is 1. The summed E-state index contributed by atoms with van der Waals surface area (Å²) >= 11 is 7.37. The number of benzene rings is 1.